The van der Waals surface area contributed by atoms with Crippen LogP contribution in [0.2, 0.25) is 0 Å². The van der Waals surface area contributed by atoms with E-state index in [-0.39, 0.29) is 32.3 Å². The number of nitrogens with zero attached hydrogens (tertiary/aromatic N) is 2. The molecule has 1 unspecified atom stereocenters. The quantitative estimate of drug-likeness (QED) is 0.616. The minimum atomic E-state index is -0.797. The number of alkyl halides is 1. The van der Waals surface area contributed by atoms with Crippen molar-refractivity contribution in [2.24, 2.45) is 16.3 Å². The van der Waals surface area contributed by atoms with E-state index in [0.29, 0.717) is 5.75 Å². The van der Waals surface area contributed by atoms with E-state index in [9.17, 15) is 23.8 Å². The molecule has 23 heavy (non-hydrogen) atoms. The molecular formula is C15H17FN2O5. The highest BCUT2D eigenvalue weighted by Crippen LogP contribution is 2.20. The molecule has 1 aromatic carbocycles. The fraction of sp³-hybridized carbons (Fsp3) is 0.467. The second kappa shape index (κ2) is 10.3. The Morgan fingerprint density at radius 3 is 2.39 bits per heavy atom. The molecule has 8 heteroatoms. The van der Waals surface area contributed by atoms with Crippen LogP contribution in [0.4, 0.5) is 4.39 Å². The number of nitroso groups, excluding NO2 is 2. The molecule has 0 saturated heterocycles. The third kappa shape index (κ3) is 6.86. The van der Waals surface area contributed by atoms with Gasteiger partial charge in [0.2, 0.25) is 0 Å². The lowest BCUT2D eigenvalue weighted by molar-refractivity contribution is -0.122. The normalized spacial score (nSPS) is 11.5. The van der Waals surface area contributed by atoms with Gasteiger partial charge in [0.05, 0.1) is 0 Å². The van der Waals surface area contributed by atoms with E-state index in [2.05, 4.69) is 10.4 Å². The number of carbonyl (C=O) groups excluding carboxylic acids is 2. The van der Waals surface area contributed by atoms with E-state index in [0.717, 1.165) is 5.56 Å². The molecule has 0 saturated carbocycles. The highest BCUT2D eigenvalue weighted by atomic mass is 19.1. The summed E-state index contributed by atoms with van der Waals surface area (Å²) in [5.74, 6) is -1.74. The molecule has 0 aliphatic carbocycles. The van der Waals surface area contributed by atoms with Crippen LogP contribution in [0.3, 0.4) is 0 Å². The fourth-order valence-electron chi connectivity index (χ4n) is 2.10. The molecule has 0 radical (unpaired) electrons. The lowest BCUT2D eigenvalue weighted by Crippen LogP contribution is -2.15. The zero-order valence-electron chi connectivity index (χ0n) is 12.4. The minimum absolute atomic E-state index is 0.0334. The first-order valence-corrected chi connectivity index (χ1v) is 7.11. The number of benzene rings is 1. The second-order valence-electron chi connectivity index (χ2n) is 4.89. The van der Waals surface area contributed by atoms with E-state index in [1.165, 1.54) is 0 Å². The summed E-state index contributed by atoms with van der Waals surface area (Å²) in [5, 5.41) is 4.70. The SMILES string of the molecule is O=NC(=O)CCCC(Cc1ccc(OCCF)cc1)C(=O)N=O. The van der Waals surface area contributed by atoms with Crippen LogP contribution in [0.15, 0.2) is 34.6 Å². The summed E-state index contributed by atoms with van der Waals surface area (Å²) in [6.07, 6.45) is 0.735. The number of rotatable bonds is 10. The highest BCUT2D eigenvalue weighted by molar-refractivity contribution is 5.80. The van der Waals surface area contributed by atoms with Gasteiger partial charge in [0, 0.05) is 22.7 Å². The van der Waals surface area contributed by atoms with Crippen molar-refractivity contribution in [2.45, 2.75) is 25.7 Å². The monoisotopic (exact) mass is 324 g/mol. The first-order chi connectivity index (χ1) is 11.1. The number of halogens is 1. The minimum Gasteiger partial charge on any atom is -0.491 e. The third-order valence-corrected chi connectivity index (χ3v) is 3.24. The highest BCUT2D eigenvalue weighted by Gasteiger charge is 2.20. The van der Waals surface area contributed by atoms with Gasteiger partial charge >= 0.3 is 0 Å². The lowest BCUT2D eigenvalue weighted by atomic mass is 9.93. The molecule has 0 N–H and O–H groups in total. The standard InChI is InChI=1S/C15H17FN2O5/c16-8-9-23-13-6-4-11(5-7-13)10-12(15(20)18-22)2-1-3-14(19)17-21/h4-7,12H,1-3,8-10H2. The average Bonchev–Trinajstić information content (AvgIpc) is 2.59. The summed E-state index contributed by atoms with van der Waals surface area (Å²) >= 11 is 0. The molecule has 0 aromatic heterocycles. The Bertz CT molecular complexity index is 547. The Balaban J connectivity index is 2.61. The Morgan fingerprint density at radius 2 is 1.83 bits per heavy atom. The van der Waals surface area contributed by atoms with Crippen LogP contribution in [0.5, 0.6) is 5.75 Å². The first-order valence-electron chi connectivity index (χ1n) is 7.11. The van der Waals surface area contributed by atoms with Crippen molar-refractivity contribution in [3.63, 3.8) is 0 Å². The maximum atomic E-state index is 12.0. The van der Waals surface area contributed by atoms with Crippen LogP contribution in [-0.2, 0) is 16.0 Å². The molecule has 0 spiro atoms. The van der Waals surface area contributed by atoms with Crippen LogP contribution in [0.1, 0.15) is 24.8 Å². The van der Waals surface area contributed by atoms with Crippen molar-refractivity contribution in [3.05, 3.63) is 39.6 Å². The fourth-order valence-corrected chi connectivity index (χ4v) is 2.10. The summed E-state index contributed by atoms with van der Waals surface area (Å²) in [7, 11) is 0. The van der Waals surface area contributed by atoms with E-state index >= 15 is 0 Å². The summed E-state index contributed by atoms with van der Waals surface area (Å²) < 4.78 is 17.1. The van der Waals surface area contributed by atoms with Crippen LogP contribution in [0.25, 0.3) is 0 Å². The molecule has 7 nitrogen and oxygen atoms in total. The molecule has 1 aromatic rings. The van der Waals surface area contributed by atoms with Gasteiger partial charge < -0.3 is 4.74 Å². The summed E-state index contributed by atoms with van der Waals surface area (Å²) in [6.45, 7) is -0.619. The molecule has 0 aliphatic rings. The number of carbonyl (C=O) groups is 2. The Morgan fingerprint density at radius 1 is 1.13 bits per heavy atom. The zero-order valence-corrected chi connectivity index (χ0v) is 12.4. The Kier molecular flexibility index (Phi) is 8.27. The largest absolute Gasteiger partial charge is 0.491 e. The maximum absolute atomic E-state index is 12.0. The lowest BCUT2D eigenvalue weighted by Gasteiger charge is -2.12. The molecule has 124 valence electrons. The van der Waals surface area contributed by atoms with Crippen molar-refractivity contribution in [1.29, 1.82) is 0 Å². The summed E-state index contributed by atoms with van der Waals surface area (Å²) in [6, 6.07) is 6.69. The van der Waals surface area contributed by atoms with Crippen molar-refractivity contribution in [3.8, 4) is 5.75 Å². The average molecular weight is 324 g/mol. The van der Waals surface area contributed by atoms with Gasteiger partial charge in [-0.25, -0.2) is 4.39 Å². The Hall–Kier alpha value is -2.51. The Labute approximate surface area is 132 Å². The van der Waals surface area contributed by atoms with Gasteiger partial charge in [-0.2, -0.15) is 0 Å². The maximum Gasteiger partial charge on any atom is 0.289 e. The van der Waals surface area contributed by atoms with Crippen LogP contribution in [0, 0.1) is 15.7 Å². The molecule has 2 amide bonds. The van der Waals surface area contributed by atoms with Crippen molar-refractivity contribution in [2.75, 3.05) is 13.3 Å². The number of hydrogen-bond donors (Lipinski definition) is 0. The smallest absolute Gasteiger partial charge is 0.289 e. The molecule has 1 rings (SSSR count). The molecule has 0 aliphatic heterocycles. The molecule has 0 bridgehead atoms. The van der Waals surface area contributed by atoms with E-state index in [1.807, 2.05) is 0 Å². The number of hydrogen-bond acceptors (Lipinski definition) is 5. The van der Waals surface area contributed by atoms with Gasteiger partial charge in [-0.3, -0.25) is 9.59 Å². The first kappa shape index (κ1) is 18.5. The van der Waals surface area contributed by atoms with E-state index in [4.69, 9.17) is 4.74 Å². The molecule has 0 fully saturated rings. The van der Waals surface area contributed by atoms with Crippen LogP contribution < -0.4 is 4.74 Å². The van der Waals surface area contributed by atoms with Gasteiger partial charge in [0.15, 0.2) is 0 Å². The van der Waals surface area contributed by atoms with Crippen LogP contribution in [-0.4, -0.2) is 25.1 Å². The predicted octanol–water partition coefficient (Wildman–Crippen LogP) is 2.95. The number of ether oxygens (including phenoxy) is 1. The third-order valence-electron chi connectivity index (χ3n) is 3.24. The topological polar surface area (TPSA) is 102 Å². The molecular weight excluding hydrogens is 307 g/mol. The van der Waals surface area contributed by atoms with Crippen LogP contribution >= 0.6 is 0 Å². The predicted molar refractivity (Wildman–Crippen MR) is 80.6 cm³/mol. The van der Waals surface area contributed by atoms with E-state index in [1.54, 1.807) is 24.3 Å². The summed E-state index contributed by atoms with van der Waals surface area (Å²) in [5.41, 5.74) is 0.777. The van der Waals surface area contributed by atoms with Gasteiger partial charge in [-0.05, 0) is 37.0 Å². The zero-order chi connectivity index (χ0) is 17.1. The van der Waals surface area contributed by atoms with E-state index < -0.39 is 24.4 Å². The second-order valence-corrected chi connectivity index (χ2v) is 4.89. The van der Waals surface area contributed by atoms with Gasteiger partial charge in [-0.1, -0.05) is 12.1 Å². The number of amides is 2. The van der Waals surface area contributed by atoms with Crippen molar-refractivity contribution >= 4 is 11.8 Å². The van der Waals surface area contributed by atoms with Gasteiger partial charge in [0.1, 0.15) is 19.0 Å². The molecule has 1 atom stereocenters. The summed E-state index contributed by atoms with van der Waals surface area (Å²) in [4.78, 5) is 42.8. The van der Waals surface area contributed by atoms with Crippen molar-refractivity contribution in [1.82, 2.24) is 0 Å². The van der Waals surface area contributed by atoms with Gasteiger partial charge in [0.25, 0.3) is 11.8 Å². The molecule has 0 heterocycles. The van der Waals surface area contributed by atoms with Crippen molar-refractivity contribution < 1.29 is 18.7 Å². The van der Waals surface area contributed by atoms with Gasteiger partial charge in [-0.15, -0.1) is 9.81 Å².